The van der Waals surface area contributed by atoms with Crippen LogP contribution in [0.3, 0.4) is 0 Å². The van der Waals surface area contributed by atoms with E-state index in [0.717, 1.165) is 0 Å². The molecule has 0 unspecified atom stereocenters. The van der Waals surface area contributed by atoms with E-state index in [2.05, 4.69) is 25.5 Å². The smallest absolute Gasteiger partial charge is 0.336 e. The molecule has 0 aliphatic heterocycles. The van der Waals surface area contributed by atoms with Gasteiger partial charge in [0.2, 0.25) is 5.95 Å². The molecule has 1 amide bonds. The first-order chi connectivity index (χ1) is 8.19. The third-order valence-electron chi connectivity index (χ3n) is 1.83. The Labute approximate surface area is 101 Å². The first-order valence-corrected chi connectivity index (χ1v) is 4.97. The molecule has 8 heteroatoms. The van der Waals surface area contributed by atoms with Crippen molar-refractivity contribution in [1.29, 1.82) is 0 Å². The summed E-state index contributed by atoms with van der Waals surface area (Å²) in [7, 11) is 1.42. The average molecular weight is 254 g/mol. The Hall–Kier alpha value is -2.15. The Balaban J connectivity index is 2.11. The summed E-state index contributed by atoms with van der Waals surface area (Å²) in [5.41, 5.74) is 0.188. The van der Waals surface area contributed by atoms with Crippen molar-refractivity contribution in [2.45, 2.75) is 0 Å². The van der Waals surface area contributed by atoms with E-state index >= 15 is 0 Å². The van der Waals surface area contributed by atoms with E-state index in [1.807, 2.05) is 0 Å². The number of carbonyl (C=O) groups excluding carboxylic acids is 1. The molecule has 0 aliphatic rings. The molecule has 7 nitrogen and oxygen atoms in total. The van der Waals surface area contributed by atoms with Crippen LogP contribution in [0.4, 0.5) is 5.95 Å². The summed E-state index contributed by atoms with van der Waals surface area (Å²) in [5, 5.41) is 8.89. The molecular weight excluding hydrogens is 246 g/mol. The maximum Gasteiger partial charge on any atom is 0.336 e. The molecule has 0 bridgehead atoms. The van der Waals surface area contributed by atoms with Crippen LogP contribution >= 0.6 is 11.6 Å². The van der Waals surface area contributed by atoms with Gasteiger partial charge < -0.3 is 4.74 Å². The van der Waals surface area contributed by atoms with Gasteiger partial charge in [-0.15, -0.1) is 5.10 Å². The molecule has 0 aliphatic carbocycles. The third kappa shape index (κ3) is 2.70. The number of aromatic nitrogens is 4. The number of aromatic amines is 1. The molecule has 0 aromatic carbocycles. The van der Waals surface area contributed by atoms with Crippen molar-refractivity contribution in [1.82, 2.24) is 20.2 Å². The van der Waals surface area contributed by atoms with E-state index in [4.69, 9.17) is 16.3 Å². The molecule has 2 heterocycles. The highest BCUT2D eigenvalue weighted by Gasteiger charge is 2.10. The van der Waals surface area contributed by atoms with E-state index < -0.39 is 5.91 Å². The average Bonchev–Trinajstić information content (AvgIpc) is 2.77. The molecule has 0 saturated carbocycles. The first-order valence-electron chi connectivity index (χ1n) is 4.59. The molecule has 0 fully saturated rings. The standard InChI is InChI=1S/C9H8ClN5O2/c1-17-9-13-8(14-15-9)12-7(16)5-3-2-4-6(10)11-5/h2-4H,1H3,(H2,12,13,14,15,16). The van der Waals surface area contributed by atoms with Gasteiger partial charge in [-0.2, -0.15) is 4.98 Å². The highest BCUT2D eigenvalue weighted by atomic mass is 35.5. The van der Waals surface area contributed by atoms with Crippen molar-refractivity contribution >= 4 is 23.5 Å². The summed E-state index contributed by atoms with van der Waals surface area (Å²) in [4.78, 5) is 19.4. The largest absolute Gasteiger partial charge is 0.466 e. The number of anilines is 1. The lowest BCUT2D eigenvalue weighted by Crippen LogP contribution is -2.14. The van der Waals surface area contributed by atoms with Gasteiger partial charge in [0.15, 0.2) is 0 Å². The minimum atomic E-state index is -0.439. The highest BCUT2D eigenvalue weighted by Crippen LogP contribution is 2.08. The fraction of sp³-hybridized carbons (Fsp3) is 0.111. The number of hydrogen-bond acceptors (Lipinski definition) is 5. The van der Waals surface area contributed by atoms with E-state index in [0.29, 0.717) is 0 Å². The van der Waals surface area contributed by atoms with Crippen molar-refractivity contribution in [2.75, 3.05) is 12.4 Å². The van der Waals surface area contributed by atoms with Gasteiger partial charge in [-0.25, -0.2) is 10.1 Å². The predicted octanol–water partition coefficient (Wildman–Crippen LogP) is 1.11. The molecule has 0 atom stereocenters. The fourth-order valence-corrected chi connectivity index (χ4v) is 1.26. The maximum atomic E-state index is 11.7. The summed E-state index contributed by atoms with van der Waals surface area (Å²) < 4.78 is 4.76. The Kier molecular flexibility index (Phi) is 3.20. The van der Waals surface area contributed by atoms with Gasteiger partial charge in [0, 0.05) is 0 Å². The van der Waals surface area contributed by atoms with Crippen LogP contribution in [0.2, 0.25) is 5.15 Å². The fourth-order valence-electron chi connectivity index (χ4n) is 1.10. The minimum absolute atomic E-state index is 0.138. The zero-order valence-electron chi connectivity index (χ0n) is 8.77. The number of methoxy groups -OCH3 is 1. The Morgan fingerprint density at radius 1 is 1.47 bits per heavy atom. The number of pyridine rings is 1. The Morgan fingerprint density at radius 3 is 2.94 bits per heavy atom. The van der Waals surface area contributed by atoms with Crippen LogP contribution in [0.1, 0.15) is 10.5 Å². The molecule has 0 radical (unpaired) electrons. The molecular formula is C9H8ClN5O2. The zero-order chi connectivity index (χ0) is 12.3. The van der Waals surface area contributed by atoms with Crippen LogP contribution < -0.4 is 10.1 Å². The number of nitrogens with one attached hydrogen (secondary N) is 2. The van der Waals surface area contributed by atoms with Crippen LogP contribution in [0, 0.1) is 0 Å². The topological polar surface area (TPSA) is 92.8 Å². The lowest BCUT2D eigenvalue weighted by Gasteiger charge is -2.00. The molecule has 0 spiro atoms. The number of halogens is 1. The van der Waals surface area contributed by atoms with Crippen molar-refractivity contribution in [3.05, 3.63) is 29.0 Å². The van der Waals surface area contributed by atoms with Gasteiger partial charge in [-0.3, -0.25) is 10.1 Å². The zero-order valence-corrected chi connectivity index (χ0v) is 9.52. The van der Waals surface area contributed by atoms with Crippen molar-refractivity contribution in [3.8, 4) is 6.01 Å². The predicted molar refractivity (Wildman–Crippen MR) is 60.1 cm³/mol. The molecule has 2 N–H and O–H groups in total. The van der Waals surface area contributed by atoms with Gasteiger partial charge in [-0.05, 0) is 12.1 Å². The maximum absolute atomic E-state index is 11.7. The summed E-state index contributed by atoms with van der Waals surface area (Å²) in [6, 6.07) is 4.88. The highest BCUT2D eigenvalue weighted by molar-refractivity contribution is 6.29. The van der Waals surface area contributed by atoms with Crippen LogP contribution in [0.15, 0.2) is 18.2 Å². The first kappa shape index (κ1) is 11.3. The number of amides is 1. The van der Waals surface area contributed by atoms with Crippen LogP contribution in [-0.2, 0) is 0 Å². The van der Waals surface area contributed by atoms with Crippen molar-refractivity contribution in [3.63, 3.8) is 0 Å². The van der Waals surface area contributed by atoms with Gasteiger partial charge in [0.25, 0.3) is 5.91 Å². The van der Waals surface area contributed by atoms with Crippen molar-refractivity contribution in [2.24, 2.45) is 0 Å². The van der Waals surface area contributed by atoms with Crippen LogP contribution in [0.5, 0.6) is 6.01 Å². The van der Waals surface area contributed by atoms with E-state index in [9.17, 15) is 4.79 Å². The van der Waals surface area contributed by atoms with Crippen LogP contribution in [-0.4, -0.2) is 33.2 Å². The normalized spacial score (nSPS) is 10.0. The minimum Gasteiger partial charge on any atom is -0.466 e. The lowest BCUT2D eigenvalue weighted by atomic mass is 10.3. The van der Waals surface area contributed by atoms with E-state index in [1.165, 1.54) is 13.2 Å². The second kappa shape index (κ2) is 4.79. The molecule has 88 valence electrons. The number of hydrogen-bond donors (Lipinski definition) is 2. The summed E-state index contributed by atoms with van der Waals surface area (Å²) in [6.45, 7) is 0. The monoisotopic (exact) mass is 253 g/mol. The number of nitrogens with zero attached hydrogens (tertiary/aromatic N) is 3. The van der Waals surface area contributed by atoms with E-state index in [-0.39, 0.29) is 22.8 Å². The Bertz CT molecular complexity index is 542. The number of carbonyl (C=O) groups is 1. The Morgan fingerprint density at radius 2 is 2.29 bits per heavy atom. The lowest BCUT2D eigenvalue weighted by molar-refractivity contribution is 0.102. The summed E-state index contributed by atoms with van der Waals surface area (Å²) in [6.07, 6.45) is 0. The van der Waals surface area contributed by atoms with Gasteiger partial charge in [-0.1, -0.05) is 17.7 Å². The summed E-state index contributed by atoms with van der Waals surface area (Å²) in [5.74, 6) is -0.264. The SMILES string of the molecule is COc1n[nH]c(NC(=O)c2cccc(Cl)n2)n1. The number of ether oxygens (including phenoxy) is 1. The van der Waals surface area contributed by atoms with Crippen LogP contribution in [0.25, 0.3) is 0 Å². The van der Waals surface area contributed by atoms with E-state index in [1.54, 1.807) is 12.1 Å². The van der Waals surface area contributed by atoms with Gasteiger partial charge >= 0.3 is 6.01 Å². The molecule has 2 rings (SSSR count). The van der Waals surface area contributed by atoms with Crippen molar-refractivity contribution < 1.29 is 9.53 Å². The molecule has 17 heavy (non-hydrogen) atoms. The molecule has 2 aromatic rings. The molecule has 2 aromatic heterocycles. The van der Waals surface area contributed by atoms with Gasteiger partial charge in [0.1, 0.15) is 10.8 Å². The quantitative estimate of drug-likeness (QED) is 0.800. The summed E-state index contributed by atoms with van der Waals surface area (Å²) >= 11 is 5.67. The number of H-pyrrole nitrogens is 1. The third-order valence-corrected chi connectivity index (χ3v) is 2.04. The second-order valence-corrected chi connectivity index (χ2v) is 3.36. The molecule has 0 saturated heterocycles. The second-order valence-electron chi connectivity index (χ2n) is 2.97. The number of rotatable bonds is 3. The van der Waals surface area contributed by atoms with Gasteiger partial charge in [0.05, 0.1) is 7.11 Å².